The predicted molar refractivity (Wildman–Crippen MR) is 96.4 cm³/mol. The third kappa shape index (κ3) is 4.70. The van der Waals surface area contributed by atoms with Gasteiger partial charge in [0.15, 0.2) is 0 Å². The zero-order valence-corrected chi connectivity index (χ0v) is 16.3. The van der Waals surface area contributed by atoms with Crippen molar-refractivity contribution in [2.45, 2.75) is 30.7 Å². The quantitative estimate of drug-likeness (QED) is 0.797. The Kier molecular flexibility index (Phi) is 7.94. The lowest BCUT2D eigenvalue weighted by Crippen LogP contribution is -2.47. The van der Waals surface area contributed by atoms with E-state index in [-0.39, 0.29) is 43.4 Å². The molecule has 0 aromatic heterocycles. The minimum absolute atomic E-state index is 0. The van der Waals surface area contributed by atoms with Crippen molar-refractivity contribution in [3.8, 4) is 0 Å². The van der Waals surface area contributed by atoms with E-state index in [0.29, 0.717) is 25.5 Å². The smallest absolute Gasteiger partial charge is 0.246 e. The maximum atomic E-state index is 13.8. The molecule has 0 saturated carbocycles. The van der Waals surface area contributed by atoms with Gasteiger partial charge >= 0.3 is 0 Å². The summed E-state index contributed by atoms with van der Waals surface area (Å²) < 4.78 is 53.3. The average molecular weight is 412 g/mol. The van der Waals surface area contributed by atoms with Gasteiger partial charge in [-0.3, -0.25) is 4.79 Å². The van der Waals surface area contributed by atoms with Crippen molar-refractivity contribution in [3.05, 3.63) is 29.8 Å². The zero-order chi connectivity index (χ0) is 18.8. The number of halogens is 3. The fraction of sp³-hybridized carbons (Fsp3) is 0.562. The van der Waals surface area contributed by atoms with E-state index < -0.39 is 26.6 Å². The molecule has 1 heterocycles. The summed E-state index contributed by atoms with van der Waals surface area (Å²) in [5.41, 5.74) is 5.56. The van der Waals surface area contributed by atoms with Crippen molar-refractivity contribution in [2.24, 2.45) is 11.7 Å². The van der Waals surface area contributed by atoms with Gasteiger partial charge in [0, 0.05) is 38.6 Å². The Hall–Kier alpha value is -1.29. The van der Waals surface area contributed by atoms with Gasteiger partial charge in [-0.1, -0.05) is 0 Å². The number of nitrogens with zero attached hydrogens (tertiary/aromatic N) is 2. The number of hydrogen-bond acceptors (Lipinski definition) is 4. The van der Waals surface area contributed by atoms with Gasteiger partial charge in [-0.2, -0.15) is 4.31 Å². The summed E-state index contributed by atoms with van der Waals surface area (Å²) in [5.74, 6) is -2.19. The summed E-state index contributed by atoms with van der Waals surface area (Å²) in [6.45, 7) is 2.34. The molecule has 0 radical (unpaired) electrons. The molecule has 148 valence electrons. The van der Waals surface area contributed by atoms with Crippen LogP contribution in [0.1, 0.15) is 19.8 Å². The fourth-order valence-electron chi connectivity index (χ4n) is 2.82. The van der Waals surface area contributed by atoms with Crippen LogP contribution >= 0.6 is 12.4 Å². The van der Waals surface area contributed by atoms with Crippen LogP contribution in [-0.4, -0.2) is 56.3 Å². The highest BCUT2D eigenvalue weighted by Crippen LogP contribution is 2.27. The Morgan fingerprint density at radius 3 is 2.46 bits per heavy atom. The predicted octanol–water partition coefficient (Wildman–Crippen LogP) is 1.59. The number of rotatable bonds is 5. The molecule has 1 aliphatic rings. The van der Waals surface area contributed by atoms with E-state index in [0.717, 1.165) is 16.4 Å². The highest BCUT2D eigenvalue weighted by Gasteiger charge is 2.35. The van der Waals surface area contributed by atoms with Crippen LogP contribution in [0.15, 0.2) is 23.1 Å². The molecule has 1 aromatic carbocycles. The number of carbonyl (C=O) groups excluding carboxylic acids is 1. The van der Waals surface area contributed by atoms with Gasteiger partial charge in [0.05, 0.1) is 0 Å². The lowest BCUT2D eigenvalue weighted by atomic mass is 9.96. The van der Waals surface area contributed by atoms with Crippen LogP contribution in [0.5, 0.6) is 0 Å². The van der Waals surface area contributed by atoms with E-state index in [1.807, 2.05) is 6.92 Å². The maximum absolute atomic E-state index is 13.8. The van der Waals surface area contributed by atoms with Gasteiger partial charge < -0.3 is 10.6 Å². The molecule has 6 nitrogen and oxygen atoms in total. The van der Waals surface area contributed by atoms with Crippen molar-refractivity contribution in [1.29, 1.82) is 0 Å². The van der Waals surface area contributed by atoms with Gasteiger partial charge in [-0.25, -0.2) is 17.2 Å². The number of hydrogen-bond donors (Lipinski definition) is 1. The molecule has 1 unspecified atom stereocenters. The van der Waals surface area contributed by atoms with E-state index >= 15 is 0 Å². The van der Waals surface area contributed by atoms with Crippen LogP contribution in [0.3, 0.4) is 0 Å². The molecule has 2 N–H and O–H groups in total. The molecule has 10 heteroatoms. The highest BCUT2D eigenvalue weighted by atomic mass is 35.5. The Balaban J connectivity index is 0.00000338. The van der Waals surface area contributed by atoms with Gasteiger partial charge in [-0.15, -0.1) is 12.4 Å². The van der Waals surface area contributed by atoms with Gasteiger partial charge in [0.1, 0.15) is 16.5 Å². The molecule has 1 aliphatic heterocycles. The van der Waals surface area contributed by atoms with Crippen LogP contribution in [0.2, 0.25) is 0 Å². The van der Waals surface area contributed by atoms with Crippen LogP contribution in [0, 0.1) is 17.6 Å². The largest absolute Gasteiger partial charge is 0.342 e. The number of piperidine rings is 1. The molecule has 26 heavy (non-hydrogen) atoms. The molecule has 1 aromatic rings. The summed E-state index contributed by atoms with van der Waals surface area (Å²) in [6.07, 6.45) is 0.660. The van der Waals surface area contributed by atoms with Crippen molar-refractivity contribution < 1.29 is 22.0 Å². The summed E-state index contributed by atoms with van der Waals surface area (Å²) in [6, 6.07) is 2.24. The van der Waals surface area contributed by atoms with E-state index in [4.69, 9.17) is 5.73 Å². The molecular weight excluding hydrogens is 388 g/mol. The number of benzene rings is 1. The second kappa shape index (κ2) is 9.07. The van der Waals surface area contributed by atoms with Gasteiger partial charge in [0.2, 0.25) is 15.9 Å². The number of nitrogens with two attached hydrogens (primary N) is 1. The van der Waals surface area contributed by atoms with Crippen LogP contribution in [-0.2, 0) is 14.8 Å². The van der Waals surface area contributed by atoms with Crippen LogP contribution in [0.25, 0.3) is 0 Å². The topological polar surface area (TPSA) is 83.7 Å². The molecular formula is C16H24ClF2N3O3S. The first-order chi connectivity index (χ1) is 11.7. The number of carbonyl (C=O) groups is 1. The van der Waals surface area contributed by atoms with Crippen molar-refractivity contribution in [1.82, 2.24) is 9.21 Å². The molecule has 1 atom stereocenters. The maximum Gasteiger partial charge on any atom is 0.246 e. The van der Waals surface area contributed by atoms with Crippen molar-refractivity contribution >= 4 is 28.3 Å². The monoisotopic (exact) mass is 411 g/mol. The Morgan fingerprint density at radius 1 is 1.35 bits per heavy atom. The second-order valence-electron chi connectivity index (χ2n) is 6.29. The average Bonchev–Trinajstić information content (AvgIpc) is 2.61. The summed E-state index contributed by atoms with van der Waals surface area (Å²) >= 11 is 0. The van der Waals surface area contributed by atoms with Crippen molar-refractivity contribution in [2.75, 3.05) is 26.7 Å². The number of amides is 1. The normalized spacial score (nSPS) is 17.4. The lowest BCUT2D eigenvalue weighted by Gasteiger charge is -2.34. The molecule has 0 spiro atoms. The lowest BCUT2D eigenvalue weighted by molar-refractivity contribution is -0.137. The molecule has 1 saturated heterocycles. The fourth-order valence-corrected chi connectivity index (χ4v) is 4.37. The Morgan fingerprint density at radius 2 is 1.92 bits per heavy atom. The molecule has 1 fully saturated rings. The third-order valence-corrected chi connectivity index (χ3v) is 6.58. The van der Waals surface area contributed by atoms with E-state index in [2.05, 4.69) is 0 Å². The van der Waals surface area contributed by atoms with E-state index in [1.54, 1.807) is 11.9 Å². The highest BCUT2D eigenvalue weighted by molar-refractivity contribution is 7.89. The van der Waals surface area contributed by atoms with E-state index in [9.17, 15) is 22.0 Å². The number of likely N-dealkylation sites (N-methyl/N-ethyl adjacent to an activating group) is 1. The summed E-state index contributed by atoms with van der Waals surface area (Å²) in [4.78, 5) is 13.3. The molecule has 2 rings (SSSR count). The first kappa shape index (κ1) is 22.8. The first-order valence-corrected chi connectivity index (χ1v) is 9.54. The second-order valence-corrected chi connectivity index (χ2v) is 8.19. The van der Waals surface area contributed by atoms with Gasteiger partial charge in [-0.05, 0) is 38.0 Å². The minimum Gasteiger partial charge on any atom is -0.342 e. The van der Waals surface area contributed by atoms with Crippen LogP contribution in [0.4, 0.5) is 8.78 Å². The first-order valence-electron chi connectivity index (χ1n) is 8.10. The molecule has 0 bridgehead atoms. The van der Waals surface area contributed by atoms with Gasteiger partial charge in [0.25, 0.3) is 0 Å². The standard InChI is InChI=1S/C16H23F2N3O3S.ClH/c1-11(10-19)20(2)16(22)12-5-7-21(8-6-12)25(23,24)15-9-13(17)3-4-14(15)18;/h3-4,9,11-12H,5-8,10,19H2,1-2H3;1H. The van der Waals surface area contributed by atoms with E-state index in [1.165, 1.54) is 0 Å². The summed E-state index contributed by atoms with van der Waals surface area (Å²) in [5, 5.41) is 0. The summed E-state index contributed by atoms with van der Waals surface area (Å²) in [7, 11) is -2.46. The molecule has 0 aliphatic carbocycles. The Bertz CT molecular complexity index is 740. The zero-order valence-electron chi connectivity index (χ0n) is 14.7. The van der Waals surface area contributed by atoms with Crippen molar-refractivity contribution in [3.63, 3.8) is 0 Å². The van der Waals surface area contributed by atoms with Crippen LogP contribution < -0.4 is 5.73 Å². The number of sulfonamides is 1. The third-order valence-electron chi connectivity index (χ3n) is 4.66. The minimum atomic E-state index is -4.13. The Labute approximate surface area is 158 Å². The molecule has 1 amide bonds. The SMILES string of the molecule is CC(CN)N(C)C(=O)C1CCN(S(=O)(=O)c2cc(F)ccc2F)CC1.Cl.